The van der Waals surface area contributed by atoms with Crippen LogP contribution in [0, 0.1) is 0 Å². The molecule has 0 aliphatic rings. The minimum absolute atomic E-state index is 0.0190. The Hall–Kier alpha value is -0.530. The van der Waals surface area contributed by atoms with Crippen molar-refractivity contribution in [2.24, 2.45) is 5.73 Å². The van der Waals surface area contributed by atoms with Crippen LogP contribution in [0.15, 0.2) is 24.2 Å². The molecule has 1 aromatic carbocycles. The quantitative estimate of drug-likeness (QED) is 0.774. The number of nitrogens with two attached hydrogens (primary N) is 1. The first kappa shape index (κ1) is 5.25. The summed E-state index contributed by atoms with van der Waals surface area (Å²) in [6.45, 7) is 1.85. The Bertz CT molecular complexity index is 377. The zero-order valence-corrected chi connectivity index (χ0v) is 7.70. The highest BCUT2D eigenvalue weighted by atomic mass is 35.5. The van der Waals surface area contributed by atoms with Gasteiger partial charge in [0.2, 0.25) is 0 Å². The molecule has 1 atom stereocenters. The van der Waals surface area contributed by atoms with Crippen LogP contribution in [0.1, 0.15) is 24.4 Å². The van der Waals surface area contributed by atoms with Crippen molar-refractivity contribution in [3.8, 4) is 0 Å². The third-order valence-electron chi connectivity index (χ3n) is 1.56. The van der Waals surface area contributed by atoms with Crippen molar-refractivity contribution in [2.75, 3.05) is 0 Å². The van der Waals surface area contributed by atoms with Gasteiger partial charge in [-0.1, -0.05) is 29.7 Å². The zero-order valence-electron chi connectivity index (χ0n) is 10.9. The first-order valence-electron chi connectivity index (χ1n) is 5.86. The molecule has 0 aliphatic carbocycles. The van der Waals surface area contributed by atoms with Crippen molar-refractivity contribution in [2.45, 2.75) is 25.8 Å². The SMILES string of the molecule is [2H]c1c([2H])c([2H])c(CCC(C)N)c(Cl)c1[2H]. The van der Waals surface area contributed by atoms with Crippen LogP contribution in [-0.2, 0) is 6.42 Å². The van der Waals surface area contributed by atoms with Crippen LogP contribution in [0.4, 0.5) is 0 Å². The summed E-state index contributed by atoms with van der Waals surface area (Å²) in [4.78, 5) is 0. The molecule has 12 heavy (non-hydrogen) atoms. The third kappa shape index (κ3) is 2.84. The molecule has 2 N–H and O–H groups in total. The molecule has 0 fully saturated rings. The number of benzene rings is 1. The highest BCUT2D eigenvalue weighted by molar-refractivity contribution is 6.31. The van der Waals surface area contributed by atoms with E-state index in [-0.39, 0.29) is 35.2 Å². The Balaban J connectivity index is 3.18. The summed E-state index contributed by atoms with van der Waals surface area (Å²) in [5, 5.41) is 0.103. The Kier molecular flexibility index (Phi) is 1.96. The number of hydrogen-bond acceptors (Lipinski definition) is 1. The molecule has 0 spiro atoms. The summed E-state index contributed by atoms with van der Waals surface area (Å²) in [7, 11) is 0. The van der Waals surface area contributed by atoms with Crippen LogP contribution in [0.25, 0.3) is 0 Å². The van der Waals surface area contributed by atoms with Gasteiger partial charge in [-0.15, -0.1) is 0 Å². The lowest BCUT2D eigenvalue weighted by Crippen LogP contribution is -2.15. The molecule has 0 radical (unpaired) electrons. The maximum absolute atomic E-state index is 7.70. The van der Waals surface area contributed by atoms with Gasteiger partial charge in [0.25, 0.3) is 0 Å². The van der Waals surface area contributed by atoms with Crippen LogP contribution < -0.4 is 5.73 Å². The molecule has 1 unspecified atom stereocenters. The second-order valence-electron chi connectivity index (χ2n) is 2.81. The van der Waals surface area contributed by atoms with Crippen molar-refractivity contribution in [3.05, 3.63) is 34.8 Å². The lowest BCUT2D eigenvalue weighted by Gasteiger charge is -2.05. The monoisotopic (exact) mass is 187 g/mol. The first-order chi connectivity index (χ1) is 7.36. The molecule has 1 aromatic rings. The molecular formula is C10H14ClN. The average Bonchev–Trinajstić information content (AvgIpc) is 2.23. The van der Waals surface area contributed by atoms with E-state index in [1.54, 1.807) is 0 Å². The van der Waals surface area contributed by atoms with Gasteiger partial charge >= 0.3 is 0 Å². The van der Waals surface area contributed by atoms with Crippen molar-refractivity contribution in [1.29, 1.82) is 0 Å². The molecule has 0 saturated carbocycles. The summed E-state index contributed by atoms with van der Waals surface area (Å²) < 4.78 is 30.2. The summed E-state index contributed by atoms with van der Waals surface area (Å²) in [5.74, 6) is 0. The largest absolute Gasteiger partial charge is 0.328 e. The van der Waals surface area contributed by atoms with E-state index in [1.165, 1.54) is 0 Å². The molecule has 2 heteroatoms. The van der Waals surface area contributed by atoms with Crippen molar-refractivity contribution in [1.82, 2.24) is 0 Å². The minimum Gasteiger partial charge on any atom is -0.328 e. The van der Waals surface area contributed by atoms with Gasteiger partial charge in [0.15, 0.2) is 0 Å². The smallest absolute Gasteiger partial charge is 0.0639 e. The van der Waals surface area contributed by atoms with Gasteiger partial charge in [-0.2, -0.15) is 0 Å². The number of rotatable bonds is 3. The van der Waals surface area contributed by atoms with E-state index < -0.39 is 0 Å². The molecule has 0 bridgehead atoms. The van der Waals surface area contributed by atoms with E-state index in [0.717, 1.165) is 0 Å². The second kappa shape index (κ2) is 4.48. The van der Waals surface area contributed by atoms with Gasteiger partial charge in [0, 0.05) is 11.1 Å². The molecule has 0 heterocycles. The molecule has 1 nitrogen and oxygen atoms in total. The highest BCUT2D eigenvalue weighted by Crippen LogP contribution is 2.16. The first-order valence-corrected chi connectivity index (χ1v) is 4.24. The van der Waals surface area contributed by atoms with E-state index in [1.807, 2.05) is 6.92 Å². The molecule has 66 valence electrons. The Morgan fingerprint density at radius 2 is 2.25 bits per heavy atom. The Labute approximate surface area is 84.2 Å². The summed E-state index contributed by atoms with van der Waals surface area (Å²) in [5.41, 5.74) is 6.06. The molecule has 0 amide bonds. The van der Waals surface area contributed by atoms with Gasteiger partial charge < -0.3 is 5.73 Å². The van der Waals surface area contributed by atoms with Crippen molar-refractivity contribution in [3.63, 3.8) is 0 Å². The normalized spacial score (nSPS) is 17.6. The molecule has 0 aliphatic heterocycles. The fourth-order valence-corrected chi connectivity index (χ4v) is 1.06. The van der Waals surface area contributed by atoms with E-state index in [0.29, 0.717) is 18.4 Å². The van der Waals surface area contributed by atoms with Gasteiger partial charge in [-0.3, -0.25) is 0 Å². The topological polar surface area (TPSA) is 26.0 Å². The molecule has 1 rings (SSSR count). The van der Waals surface area contributed by atoms with Gasteiger partial charge in [-0.25, -0.2) is 0 Å². The lowest BCUT2D eigenvalue weighted by atomic mass is 10.1. The third-order valence-corrected chi connectivity index (χ3v) is 1.89. The van der Waals surface area contributed by atoms with Crippen LogP contribution in [0.5, 0.6) is 0 Å². The fourth-order valence-electron chi connectivity index (χ4n) is 0.867. The van der Waals surface area contributed by atoms with Crippen molar-refractivity contribution < 1.29 is 5.48 Å². The van der Waals surface area contributed by atoms with E-state index in [4.69, 9.17) is 22.8 Å². The second-order valence-corrected chi connectivity index (χ2v) is 3.19. The maximum atomic E-state index is 7.70. The van der Waals surface area contributed by atoms with E-state index in [9.17, 15) is 0 Å². The van der Waals surface area contributed by atoms with Crippen molar-refractivity contribution >= 4 is 11.6 Å². The fraction of sp³-hybridized carbons (Fsp3) is 0.400. The minimum atomic E-state index is -0.292. The van der Waals surface area contributed by atoms with Gasteiger partial charge in [0.05, 0.1) is 5.48 Å². The van der Waals surface area contributed by atoms with Crippen LogP contribution in [-0.4, -0.2) is 6.04 Å². The maximum Gasteiger partial charge on any atom is 0.0639 e. The predicted octanol–water partition coefficient (Wildman–Crippen LogP) is 2.62. The van der Waals surface area contributed by atoms with E-state index >= 15 is 0 Å². The summed E-state index contributed by atoms with van der Waals surface area (Å²) >= 11 is 5.91. The van der Waals surface area contributed by atoms with E-state index in [2.05, 4.69) is 0 Å². The molecule has 0 saturated heterocycles. The van der Waals surface area contributed by atoms with Gasteiger partial charge in [0.1, 0.15) is 0 Å². The van der Waals surface area contributed by atoms with Crippen LogP contribution >= 0.6 is 11.6 Å². The average molecular weight is 188 g/mol. The standard InChI is InChI=1S/C10H14ClN/c1-8(12)6-7-9-4-2-3-5-10(9)11/h2-5,8H,6-7,12H2,1H3/i2D,3D,4D,5D. The summed E-state index contributed by atoms with van der Waals surface area (Å²) in [6, 6.07) is -0.794. The predicted molar refractivity (Wildman–Crippen MR) is 53.4 cm³/mol. The number of hydrogen-bond donors (Lipinski definition) is 1. The molecular weight excluding hydrogens is 170 g/mol. The highest BCUT2D eigenvalue weighted by Gasteiger charge is 2.00. The lowest BCUT2D eigenvalue weighted by molar-refractivity contribution is 0.666. The van der Waals surface area contributed by atoms with Crippen LogP contribution in [0.2, 0.25) is 5.02 Å². The summed E-state index contributed by atoms with van der Waals surface area (Å²) in [6.07, 6.45) is 1.11. The Morgan fingerprint density at radius 1 is 1.58 bits per heavy atom. The Morgan fingerprint density at radius 3 is 2.92 bits per heavy atom. The van der Waals surface area contributed by atoms with Crippen LogP contribution in [0.3, 0.4) is 0 Å². The molecule has 0 aromatic heterocycles. The van der Waals surface area contributed by atoms with Gasteiger partial charge in [-0.05, 0) is 31.4 Å². The number of halogens is 1. The zero-order chi connectivity index (χ0) is 12.5.